The van der Waals surface area contributed by atoms with E-state index in [0.29, 0.717) is 27.8 Å². The molecule has 3 amide bonds. The van der Waals surface area contributed by atoms with Crippen LogP contribution in [-0.2, 0) is 11.3 Å². The Bertz CT molecular complexity index is 1190. The van der Waals surface area contributed by atoms with Gasteiger partial charge in [0.1, 0.15) is 16.9 Å². The Hall–Kier alpha value is -3.94. The molecule has 8 heteroatoms. The van der Waals surface area contributed by atoms with Crippen molar-refractivity contribution in [3.05, 3.63) is 65.4 Å². The highest BCUT2D eigenvalue weighted by atomic mass is 16.6. The fraction of sp³-hybridized carbons (Fsp3) is 0.217. The van der Waals surface area contributed by atoms with Crippen LogP contribution in [0.5, 0.6) is 5.75 Å². The lowest BCUT2D eigenvalue weighted by atomic mass is 9.96. The van der Waals surface area contributed by atoms with Gasteiger partial charge < -0.3 is 9.84 Å². The van der Waals surface area contributed by atoms with Crippen LogP contribution in [0.15, 0.2) is 48.7 Å². The second kappa shape index (κ2) is 7.39. The molecule has 0 radical (unpaired) electrons. The number of imide groups is 1. The Morgan fingerprint density at radius 1 is 1.03 bits per heavy atom. The maximum absolute atomic E-state index is 13.0. The molecule has 0 aliphatic carbocycles. The molecular formula is C23H21N3O5. The predicted molar refractivity (Wildman–Crippen MR) is 114 cm³/mol. The highest BCUT2D eigenvalue weighted by Gasteiger charge is 2.33. The lowest BCUT2D eigenvalue weighted by molar-refractivity contribution is 0.0594. The van der Waals surface area contributed by atoms with Gasteiger partial charge in [-0.05, 0) is 56.7 Å². The molecule has 8 nitrogen and oxygen atoms in total. The van der Waals surface area contributed by atoms with Crippen LogP contribution in [-0.4, -0.2) is 38.5 Å². The van der Waals surface area contributed by atoms with Crippen LogP contribution in [0.1, 0.15) is 47.1 Å². The summed E-state index contributed by atoms with van der Waals surface area (Å²) >= 11 is 0. The van der Waals surface area contributed by atoms with Crippen LogP contribution in [0.2, 0.25) is 0 Å². The molecule has 0 fully saturated rings. The number of anilines is 1. The number of nitrogens with zero attached hydrogens (tertiary/aromatic N) is 2. The molecule has 0 bridgehead atoms. The van der Waals surface area contributed by atoms with Crippen LogP contribution in [0, 0.1) is 0 Å². The zero-order valence-electron chi connectivity index (χ0n) is 17.3. The number of nitrogens with one attached hydrogen (secondary N) is 1. The molecule has 0 spiro atoms. The van der Waals surface area contributed by atoms with E-state index in [1.165, 1.54) is 18.3 Å². The largest absolute Gasteiger partial charge is 0.506 e. The first-order valence-electron chi connectivity index (χ1n) is 9.70. The minimum atomic E-state index is -0.607. The van der Waals surface area contributed by atoms with E-state index in [9.17, 15) is 19.5 Å². The molecule has 1 aromatic heterocycles. The van der Waals surface area contributed by atoms with E-state index in [2.05, 4.69) is 10.3 Å². The summed E-state index contributed by atoms with van der Waals surface area (Å²) in [6.07, 6.45) is 0.868. The molecule has 0 saturated heterocycles. The first kappa shape index (κ1) is 20.3. The summed E-state index contributed by atoms with van der Waals surface area (Å²) < 4.78 is 5.22. The number of carbonyl (C=O) groups is 3. The molecule has 1 aliphatic heterocycles. The summed E-state index contributed by atoms with van der Waals surface area (Å²) in [7, 11) is 0. The minimum Gasteiger partial charge on any atom is -0.506 e. The number of carbonyl (C=O) groups excluding carboxylic acids is 3. The summed E-state index contributed by atoms with van der Waals surface area (Å²) in [6.45, 7) is 5.39. The first-order chi connectivity index (χ1) is 14.6. The Labute approximate surface area is 178 Å². The molecule has 3 aromatic rings. The maximum Gasteiger partial charge on any atom is 0.412 e. The number of hydrogen-bond donors (Lipinski definition) is 2. The zero-order valence-corrected chi connectivity index (χ0v) is 17.3. The topological polar surface area (TPSA) is 109 Å². The van der Waals surface area contributed by atoms with Gasteiger partial charge in [-0.15, -0.1) is 0 Å². The van der Waals surface area contributed by atoms with Gasteiger partial charge in [-0.1, -0.05) is 12.1 Å². The van der Waals surface area contributed by atoms with Crippen molar-refractivity contribution in [1.29, 1.82) is 0 Å². The fourth-order valence-electron chi connectivity index (χ4n) is 3.43. The third-order valence-corrected chi connectivity index (χ3v) is 4.76. The van der Waals surface area contributed by atoms with Crippen molar-refractivity contribution >= 4 is 34.5 Å². The Morgan fingerprint density at radius 2 is 1.68 bits per heavy atom. The van der Waals surface area contributed by atoms with Crippen LogP contribution in [0.25, 0.3) is 10.9 Å². The SMILES string of the molecule is CC(C)(C)OC(=O)Nc1ccc(CN2C(=O)c3ccnc4c(O)ccc(c34)C2=O)cc1. The standard InChI is InChI=1S/C23H21N3O5/c1-23(2,3)31-22(30)25-14-6-4-13(5-7-14)12-26-20(28)15-8-9-17(27)19-18(15)16(21(26)29)10-11-24-19/h4-11,27H,12H2,1-3H3,(H,25,30). The highest BCUT2D eigenvalue weighted by molar-refractivity contribution is 6.25. The normalized spacial score (nSPS) is 13.5. The van der Waals surface area contributed by atoms with E-state index in [1.54, 1.807) is 51.1 Å². The molecule has 0 saturated carbocycles. The molecule has 158 valence electrons. The van der Waals surface area contributed by atoms with Gasteiger partial charge in [0, 0.05) is 17.3 Å². The molecule has 2 heterocycles. The first-order valence-corrected chi connectivity index (χ1v) is 9.70. The van der Waals surface area contributed by atoms with Gasteiger partial charge >= 0.3 is 6.09 Å². The number of amides is 3. The average molecular weight is 419 g/mol. The van der Waals surface area contributed by atoms with Crippen molar-refractivity contribution in [2.24, 2.45) is 0 Å². The molecule has 0 atom stereocenters. The smallest absolute Gasteiger partial charge is 0.412 e. The summed E-state index contributed by atoms with van der Waals surface area (Å²) in [5.74, 6) is -0.986. The number of aromatic hydroxyl groups is 1. The van der Waals surface area contributed by atoms with E-state index in [1.807, 2.05) is 0 Å². The third kappa shape index (κ3) is 3.92. The summed E-state index contributed by atoms with van der Waals surface area (Å²) in [5, 5.41) is 13.0. The molecular weight excluding hydrogens is 398 g/mol. The van der Waals surface area contributed by atoms with Gasteiger partial charge in [0.15, 0.2) is 0 Å². The fourth-order valence-corrected chi connectivity index (χ4v) is 3.43. The number of phenolic OH excluding ortho intramolecular Hbond substituents is 1. The molecule has 2 N–H and O–H groups in total. The van der Waals surface area contributed by atoms with Gasteiger partial charge in [0.05, 0.1) is 17.7 Å². The summed E-state index contributed by atoms with van der Waals surface area (Å²) in [5.41, 5.74) is 1.51. The minimum absolute atomic E-state index is 0.0640. The highest BCUT2D eigenvalue weighted by Crippen LogP contribution is 2.34. The number of hydrogen-bond acceptors (Lipinski definition) is 6. The number of benzene rings is 2. The second-order valence-electron chi connectivity index (χ2n) is 8.23. The lowest BCUT2D eigenvalue weighted by Crippen LogP contribution is -2.39. The number of rotatable bonds is 3. The average Bonchev–Trinajstić information content (AvgIpc) is 2.70. The number of aromatic nitrogens is 1. The predicted octanol–water partition coefficient (Wildman–Crippen LogP) is 4.08. The van der Waals surface area contributed by atoms with Crippen molar-refractivity contribution in [3.8, 4) is 5.75 Å². The van der Waals surface area contributed by atoms with E-state index in [-0.39, 0.29) is 17.8 Å². The van der Waals surface area contributed by atoms with Crippen LogP contribution in [0.4, 0.5) is 10.5 Å². The number of phenols is 1. The van der Waals surface area contributed by atoms with Gasteiger partial charge in [0.2, 0.25) is 0 Å². The van der Waals surface area contributed by atoms with Gasteiger partial charge in [-0.3, -0.25) is 24.8 Å². The van der Waals surface area contributed by atoms with Crippen molar-refractivity contribution in [1.82, 2.24) is 9.88 Å². The van der Waals surface area contributed by atoms with Crippen molar-refractivity contribution in [3.63, 3.8) is 0 Å². The molecule has 4 rings (SSSR count). The maximum atomic E-state index is 13.0. The van der Waals surface area contributed by atoms with Crippen molar-refractivity contribution in [2.45, 2.75) is 32.9 Å². The second-order valence-corrected chi connectivity index (χ2v) is 8.23. The summed E-state index contributed by atoms with van der Waals surface area (Å²) in [4.78, 5) is 43.1. The molecule has 0 unspecified atom stereocenters. The van der Waals surface area contributed by atoms with Gasteiger partial charge in [0.25, 0.3) is 11.8 Å². The molecule has 31 heavy (non-hydrogen) atoms. The van der Waals surface area contributed by atoms with E-state index in [4.69, 9.17) is 4.74 Å². The van der Waals surface area contributed by atoms with Gasteiger partial charge in [-0.2, -0.15) is 0 Å². The van der Waals surface area contributed by atoms with Crippen LogP contribution < -0.4 is 5.32 Å². The monoisotopic (exact) mass is 419 g/mol. The summed E-state index contributed by atoms with van der Waals surface area (Å²) in [6, 6.07) is 11.2. The third-order valence-electron chi connectivity index (χ3n) is 4.76. The van der Waals surface area contributed by atoms with Crippen molar-refractivity contribution in [2.75, 3.05) is 5.32 Å². The van der Waals surface area contributed by atoms with Crippen LogP contribution >= 0.6 is 0 Å². The Morgan fingerprint density at radius 3 is 2.32 bits per heavy atom. The molecule has 2 aromatic carbocycles. The Kier molecular flexibility index (Phi) is 4.85. The number of ether oxygens (including phenoxy) is 1. The Balaban J connectivity index is 1.55. The quantitative estimate of drug-likeness (QED) is 0.619. The van der Waals surface area contributed by atoms with E-state index < -0.39 is 23.5 Å². The van der Waals surface area contributed by atoms with Crippen LogP contribution in [0.3, 0.4) is 0 Å². The number of pyridine rings is 1. The molecule has 1 aliphatic rings. The zero-order chi connectivity index (χ0) is 22.3. The van der Waals surface area contributed by atoms with E-state index >= 15 is 0 Å². The van der Waals surface area contributed by atoms with E-state index in [0.717, 1.165) is 4.90 Å². The van der Waals surface area contributed by atoms with Crippen molar-refractivity contribution < 1.29 is 24.2 Å². The van der Waals surface area contributed by atoms with Gasteiger partial charge in [-0.25, -0.2) is 4.79 Å². The lowest BCUT2D eigenvalue weighted by Gasteiger charge is -2.27.